The highest BCUT2D eigenvalue weighted by Crippen LogP contribution is 2.11. The fourth-order valence-corrected chi connectivity index (χ4v) is 3.98. The predicted octanol–water partition coefficient (Wildman–Crippen LogP) is 1.81. The summed E-state index contributed by atoms with van der Waals surface area (Å²) < 4.78 is 12.3. The standard InChI is InChI=1S/C22H27N3O4S/c1-16(17-8-4-2-5-9-17)24-20(26)12-13-21(27)25-19(22(23)28)14-15-30(29)18-10-6-3-7-11-18/h2-11,16,19H,12-15H2,1H3,(H2,23,28)(H,24,26)(H,25,27)/t16-,19-,30+/m1/s1. The summed E-state index contributed by atoms with van der Waals surface area (Å²) in [7, 11) is -1.29. The molecule has 0 saturated carbocycles. The van der Waals surface area contributed by atoms with Gasteiger partial charge in [-0.1, -0.05) is 48.5 Å². The van der Waals surface area contributed by atoms with Gasteiger partial charge in [0.25, 0.3) is 0 Å². The van der Waals surface area contributed by atoms with Crippen molar-refractivity contribution in [2.75, 3.05) is 5.75 Å². The van der Waals surface area contributed by atoms with Gasteiger partial charge in [0.15, 0.2) is 0 Å². The summed E-state index contributed by atoms with van der Waals surface area (Å²) in [6.45, 7) is 1.86. The molecule has 2 aromatic rings. The first-order valence-corrected chi connectivity index (χ1v) is 11.0. The van der Waals surface area contributed by atoms with E-state index in [2.05, 4.69) is 10.6 Å². The van der Waals surface area contributed by atoms with E-state index in [-0.39, 0.29) is 37.0 Å². The molecule has 0 spiro atoms. The van der Waals surface area contributed by atoms with Crippen molar-refractivity contribution in [1.29, 1.82) is 0 Å². The summed E-state index contributed by atoms with van der Waals surface area (Å²) in [6.07, 6.45) is 0.0726. The highest BCUT2D eigenvalue weighted by molar-refractivity contribution is 7.85. The van der Waals surface area contributed by atoms with Gasteiger partial charge < -0.3 is 16.4 Å². The first-order valence-electron chi connectivity index (χ1n) is 9.73. The molecule has 4 N–H and O–H groups in total. The second-order valence-electron chi connectivity index (χ2n) is 6.87. The van der Waals surface area contributed by atoms with Crippen LogP contribution in [0.3, 0.4) is 0 Å². The molecule has 30 heavy (non-hydrogen) atoms. The molecule has 0 bridgehead atoms. The minimum atomic E-state index is -1.29. The lowest BCUT2D eigenvalue weighted by Crippen LogP contribution is -2.45. The molecule has 160 valence electrons. The van der Waals surface area contributed by atoms with E-state index in [9.17, 15) is 18.6 Å². The Labute approximate surface area is 178 Å². The third-order valence-corrected chi connectivity index (χ3v) is 5.94. The summed E-state index contributed by atoms with van der Waals surface area (Å²) in [5.41, 5.74) is 6.33. The predicted molar refractivity (Wildman–Crippen MR) is 116 cm³/mol. The molecule has 0 saturated heterocycles. The van der Waals surface area contributed by atoms with Crippen LogP contribution in [0.5, 0.6) is 0 Å². The molecule has 0 fully saturated rings. The zero-order chi connectivity index (χ0) is 21.9. The molecule has 2 aromatic carbocycles. The Hall–Kier alpha value is -3.00. The molecule has 2 rings (SSSR count). The monoisotopic (exact) mass is 429 g/mol. The minimum Gasteiger partial charge on any atom is -0.368 e. The number of carbonyl (C=O) groups excluding carboxylic acids is 3. The van der Waals surface area contributed by atoms with Crippen molar-refractivity contribution in [2.45, 2.75) is 43.2 Å². The zero-order valence-electron chi connectivity index (χ0n) is 16.9. The Morgan fingerprint density at radius 2 is 1.43 bits per heavy atom. The van der Waals surface area contributed by atoms with Gasteiger partial charge >= 0.3 is 0 Å². The Bertz CT molecular complexity index is 874. The lowest BCUT2D eigenvalue weighted by Gasteiger charge is -2.16. The number of primary amides is 1. The van der Waals surface area contributed by atoms with Gasteiger partial charge in [0.2, 0.25) is 17.7 Å². The fraction of sp³-hybridized carbons (Fsp3) is 0.318. The summed E-state index contributed by atoms with van der Waals surface area (Å²) in [5.74, 6) is -1.22. The van der Waals surface area contributed by atoms with Gasteiger partial charge in [0.05, 0.1) is 16.8 Å². The van der Waals surface area contributed by atoms with E-state index in [1.165, 1.54) is 0 Å². The molecule has 0 aliphatic carbocycles. The number of nitrogens with two attached hydrogens (primary N) is 1. The first-order chi connectivity index (χ1) is 14.4. The molecule has 0 aromatic heterocycles. The maximum Gasteiger partial charge on any atom is 0.240 e. The minimum absolute atomic E-state index is 0.00949. The fourth-order valence-electron chi connectivity index (χ4n) is 2.83. The van der Waals surface area contributed by atoms with Crippen molar-refractivity contribution in [1.82, 2.24) is 10.6 Å². The summed E-state index contributed by atoms with van der Waals surface area (Å²) >= 11 is 0. The quantitative estimate of drug-likeness (QED) is 0.505. The molecule has 3 atom stereocenters. The van der Waals surface area contributed by atoms with Crippen LogP contribution in [-0.4, -0.2) is 33.7 Å². The number of nitrogens with one attached hydrogen (secondary N) is 2. The largest absolute Gasteiger partial charge is 0.368 e. The van der Waals surface area contributed by atoms with Crippen LogP contribution in [0.25, 0.3) is 0 Å². The van der Waals surface area contributed by atoms with Crippen LogP contribution in [-0.2, 0) is 25.2 Å². The number of amides is 3. The molecule has 3 amide bonds. The van der Waals surface area contributed by atoms with Gasteiger partial charge in [-0.15, -0.1) is 0 Å². The zero-order valence-corrected chi connectivity index (χ0v) is 17.7. The summed E-state index contributed by atoms with van der Waals surface area (Å²) in [4.78, 5) is 36.6. The van der Waals surface area contributed by atoms with Crippen molar-refractivity contribution in [2.24, 2.45) is 5.73 Å². The van der Waals surface area contributed by atoms with Gasteiger partial charge in [-0.05, 0) is 31.0 Å². The van der Waals surface area contributed by atoms with Crippen LogP contribution in [0.1, 0.15) is 37.8 Å². The Kier molecular flexibility index (Phi) is 9.21. The number of carbonyl (C=O) groups is 3. The Morgan fingerprint density at radius 3 is 2.00 bits per heavy atom. The lowest BCUT2D eigenvalue weighted by molar-refractivity contribution is -0.129. The topological polar surface area (TPSA) is 118 Å². The van der Waals surface area contributed by atoms with Crippen LogP contribution in [0.15, 0.2) is 65.6 Å². The highest BCUT2D eigenvalue weighted by Gasteiger charge is 2.20. The van der Waals surface area contributed by atoms with Gasteiger partial charge in [0.1, 0.15) is 6.04 Å². The maximum atomic E-state index is 12.3. The number of benzene rings is 2. The maximum absolute atomic E-state index is 12.3. The van der Waals surface area contributed by atoms with Gasteiger partial charge in [-0.2, -0.15) is 0 Å². The molecular weight excluding hydrogens is 402 g/mol. The van der Waals surface area contributed by atoms with Crippen molar-refractivity contribution >= 4 is 28.5 Å². The summed E-state index contributed by atoms with van der Waals surface area (Å²) in [6, 6.07) is 17.3. The number of hydrogen-bond donors (Lipinski definition) is 3. The van der Waals surface area contributed by atoms with E-state index < -0.39 is 28.7 Å². The second kappa shape index (κ2) is 11.9. The number of rotatable bonds is 11. The summed E-state index contributed by atoms with van der Waals surface area (Å²) in [5, 5.41) is 5.37. The van der Waals surface area contributed by atoms with Crippen LogP contribution >= 0.6 is 0 Å². The van der Waals surface area contributed by atoms with E-state index in [1.807, 2.05) is 43.3 Å². The SMILES string of the molecule is C[C@@H](NC(=O)CCC(=O)N[C@H](CC[S@](=O)c1ccccc1)C(N)=O)c1ccccc1. The molecule has 0 heterocycles. The van der Waals surface area contributed by atoms with Crippen LogP contribution in [0.2, 0.25) is 0 Å². The third-order valence-electron chi connectivity index (χ3n) is 4.53. The van der Waals surface area contributed by atoms with Gasteiger partial charge in [-0.3, -0.25) is 18.6 Å². The van der Waals surface area contributed by atoms with E-state index in [0.29, 0.717) is 4.90 Å². The molecule has 0 radical (unpaired) electrons. The third kappa shape index (κ3) is 7.79. The van der Waals surface area contributed by atoms with Crippen molar-refractivity contribution in [3.63, 3.8) is 0 Å². The van der Waals surface area contributed by atoms with Crippen molar-refractivity contribution in [3.05, 3.63) is 66.2 Å². The van der Waals surface area contributed by atoms with Gasteiger partial charge in [-0.25, -0.2) is 0 Å². The molecule has 0 aliphatic heterocycles. The van der Waals surface area contributed by atoms with Crippen molar-refractivity contribution in [3.8, 4) is 0 Å². The molecule has 0 aliphatic rings. The van der Waals surface area contributed by atoms with E-state index in [4.69, 9.17) is 5.73 Å². The Morgan fingerprint density at radius 1 is 0.900 bits per heavy atom. The highest BCUT2D eigenvalue weighted by atomic mass is 32.2. The second-order valence-corrected chi connectivity index (χ2v) is 8.44. The normalized spacial score (nSPS) is 13.6. The molecular formula is C22H27N3O4S. The Balaban J connectivity index is 1.77. The van der Waals surface area contributed by atoms with Gasteiger partial charge in [0, 0.05) is 23.5 Å². The molecule has 8 heteroatoms. The average Bonchev–Trinajstić information content (AvgIpc) is 2.76. The number of hydrogen-bond acceptors (Lipinski definition) is 4. The van der Waals surface area contributed by atoms with Crippen molar-refractivity contribution < 1.29 is 18.6 Å². The smallest absolute Gasteiger partial charge is 0.240 e. The van der Waals surface area contributed by atoms with E-state index in [0.717, 1.165) is 5.56 Å². The molecule has 7 nitrogen and oxygen atoms in total. The van der Waals surface area contributed by atoms with E-state index >= 15 is 0 Å². The van der Waals surface area contributed by atoms with Crippen LogP contribution in [0.4, 0.5) is 0 Å². The first kappa shape index (κ1) is 23.3. The average molecular weight is 430 g/mol. The van der Waals surface area contributed by atoms with E-state index in [1.54, 1.807) is 24.3 Å². The van der Waals surface area contributed by atoms with Crippen LogP contribution < -0.4 is 16.4 Å². The molecule has 0 unspecified atom stereocenters. The lowest BCUT2D eigenvalue weighted by atomic mass is 10.1. The van der Waals surface area contributed by atoms with Crippen LogP contribution in [0, 0.1) is 0 Å².